The van der Waals surface area contributed by atoms with E-state index < -0.39 is 11.6 Å². The van der Waals surface area contributed by atoms with E-state index in [2.05, 4.69) is 5.32 Å². The normalized spacial score (nSPS) is 18.5. The number of hydrogen-bond acceptors (Lipinski definition) is 2. The van der Waals surface area contributed by atoms with Crippen molar-refractivity contribution in [1.29, 1.82) is 0 Å². The number of amides is 2. The number of carbonyl (C=O) groups excluding carboxylic acids is 2. The van der Waals surface area contributed by atoms with Gasteiger partial charge in [-0.05, 0) is 44.0 Å². The molecular formula is C26H29N3O2. The second kappa shape index (κ2) is 8.42. The molecule has 2 heterocycles. The maximum atomic E-state index is 13.8. The van der Waals surface area contributed by atoms with Crippen LogP contribution >= 0.6 is 0 Å². The summed E-state index contributed by atoms with van der Waals surface area (Å²) in [5.41, 5.74) is 2.55. The van der Waals surface area contributed by atoms with Gasteiger partial charge in [-0.1, -0.05) is 60.7 Å². The summed E-state index contributed by atoms with van der Waals surface area (Å²) in [6, 6.07) is 22.7. The van der Waals surface area contributed by atoms with E-state index in [4.69, 9.17) is 0 Å². The van der Waals surface area contributed by atoms with Gasteiger partial charge < -0.3 is 14.8 Å². The van der Waals surface area contributed by atoms with E-state index in [1.807, 2.05) is 104 Å². The van der Waals surface area contributed by atoms with E-state index in [1.54, 1.807) is 4.90 Å². The molecule has 1 aliphatic rings. The van der Waals surface area contributed by atoms with Crippen LogP contribution in [0.3, 0.4) is 0 Å². The molecule has 2 aromatic carbocycles. The molecule has 1 unspecified atom stereocenters. The van der Waals surface area contributed by atoms with Gasteiger partial charge in [-0.25, -0.2) is 0 Å². The van der Waals surface area contributed by atoms with E-state index in [0.29, 0.717) is 13.0 Å². The fourth-order valence-electron chi connectivity index (χ4n) is 4.21. The van der Waals surface area contributed by atoms with Crippen molar-refractivity contribution in [2.45, 2.75) is 51.4 Å². The number of nitrogens with zero attached hydrogens (tertiary/aromatic N) is 2. The van der Waals surface area contributed by atoms with Crippen LogP contribution in [0.2, 0.25) is 0 Å². The predicted octanol–water partition coefficient (Wildman–Crippen LogP) is 4.27. The Morgan fingerprint density at radius 1 is 0.903 bits per heavy atom. The zero-order chi connectivity index (χ0) is 22.0. The van der Waals surface area contributed by atoms with Crippen LogP contribution in [0.1, 0.15) is 49.7 Å². The van der Waals surface area contributed by atoms with Crippen molar-refractivity contribution in [3.63, 3.8) is 0 Å². The first-order valence-electron chi connectivity index (χ1n) is 10.7. The zero-order valence-electron chi connectivity index (χ0n) is 18.3. The van der Waals surface area contributed by atoms with Crippen LogP contribution in [0.25, 0.3) is 0 Å². The van der Waals surface area contributed by atoms with Crippen molar-refractivity contribution < 1.29 is 9.59 Å². The minimum Gasteiger partial charge on any atom is -0.349 e. The van der Waals surface area contributed by atoms with Gasteiger partial charge in [0.2, 0.25) is 11.8 Å². The van der Waals surface area contributed by atoms with Crippen molar-refractivity contribution in [3.8, 4) is 0 Å². The quantitative estimate of drug-likeness (QED) is 0.677. The number of rotatable bonds is 5. The molecule has 2 amide bonds. The highest BCUT2D eigenvalue weighted by atomic mass is 16.2. The molecule has 3 aromatic rings. The highest BCUT2D eigenvalue weighted by molar-refractivity contribution is 5.92. The van der Waals surface area contributed by atoms with Gasteiger partial charge in [0.25, 0.3) is 0 Å². The first kappa shape index (κ1) is 20.9. The molecule has 0 radical (unpaired) electrons. The molecule has 1 N–H and O–H groups in total. The molecule has 160 valence electrons. The first-order valence-corrected chi connectivity index (χ1v) is 10.7. The summed E-state index contributed by atoms with van der Waals surface area (Å²) in [5, 5.41) is 3.07. The summed E-state index contributed by atoms with van der Waals surface area (Å²) in [6.07, 6.45) is 2.50. The van der Waals surface area contributed by atoms with Crippen LogP contribution < -0.4 is 5.32 Å². The Morgan fingerprint density at radius 3 is 2.13 bits per heavy atom. The summed E-state index contributed by atoms with van der Waals surface area (Å²) < 4.78 is 1.98. The van der Waals surface area contributed by atoms with E-state index in [-0.39, 0.29) is 17.9 Å². The number of hydrogen-bond donors (Lipinski definition) is 1. The van der Waals surface area contributed by atoms with Crippen molar-refractivity contribution >= 4 is 11.8 Å². The monoisotopic (exact) mass is 415 g/mol. The van der Waals surface area contributed by atoms with Crippen molar-refractivity contribution in [2.75, 3.05) is 0 Å². The molecule has 0 fully saturated rings. The molecule has 5 nitrogen and oxygen atoms in total. The third-order valence-electron chi connectivity index (χ3n) is 5.52. The summed E-state index contributed by atoms with van der Waals surface area (Å²) in [6.45, 7) is 6.25. The Bertz CT molecular complexity index is 1050. The molecule has 31 heavy (non-hydrogen) atoms. The first-order chi connectivity index (χ1) is 14.8. The maximum Gasteiger partial charge on any atom is 0.249 e. The Kier molecular flexibility index (Phi) is 5.68. The van der Waals surface area contributed by atoms with Gasteiger partial charge in [-0.3, -0.25) is 9.59 Å². The smallest absolute Gasteiger partial charge is 0.249 e. The average molecular weight is 416 g/mol. The summed E-state index contributed by atoms with van der Waals surface area (Å²) in [5.74, 6) is -0.194. The minimum absolute atomic E-state index is 0.0366. The minimum atomic E-state index is -0.672. The SMILES string of the molecule is CC(C)(C)NC(=O)C1c2cccn2[C@@H](Cc2ccccc2)C(=O)N1Cc1ccccc1. The molecule has 5 heteroatoms. The van der Waals surface area contributed by atoms with E-state index >= 15 is 0 Å². The molecule has 0 saturated carbocycles. The summed E-state index contributed by atoms with van der Waals surface area (Å²) in [4.78, 5) is 28.9. The fraction of sp³-hybridized carbons (Fsp3) is 0.308. The number of nitrogens with one attached hydrogen (secondary N) is 1. The number of fused-ring (bicyclic) bond motifs is 1. The number of carbonyl (C=O) groups is 2. The Hall–Kier alpha value is -3.34. The predicted molar refractivity (Wildman–Crippen MR) is 121 cm³/mol. The molecule has 0 aliphatic carbocycles. The standard InChI is InChI=1S/C26H29N3O2/c1-26(2,3)27-24(30)23-21-15-10-16-28(21)22(17-19-11-6-4-7-12-19)25(31)29(23)18-20-13-8-5-9-14-20/h4-16,22-23H,17-18H2,1-3H3,(H,27,30)/t22-,23?/m0/s1. The van der Waals surface area contributed by atoms with E-state index in [1.165, 1.54) is 0 Å². The molecule has 2 atom stereocenters. The van der Waals surface area contributed by atoms with Gasteiger partial charge in [0.15, 0.2) is 6.04 Å². The molecular weight excluding hydrogens is 386 g/mol. The van der Waals surface area contributed by atoms with Crippen LogP contribution in [-0.2, 0) is 22.6 Å². The Labute approximate surface area is 183 Å². The highest BCUT2D eigenvalue weighted by Gasteiger charge is 2.43. The molecule has 0 saturated heterocycles. The topological polar surface area (TPSA) is 54.3 Å². The van der Waals surface area contributed by atoms with Crippen LogP contribution in [0.4, 0.5) is 0 Å². The largest absolute Gasteiger partial charge is 0.349 e. The van der Waals surface area contributed by atoms with Crippen molar-refractivity contribution in [3.05, 3.63) is 95.8 Å². The van der Waals surface area contributed by atoms with Crippen molar-refractivity contribution in [1.82, 2.24) is 14.8 Å². The van der Waals surface area contributed by atoms with Gasteiger partial charge in [-0.15, -0.1) is 0 Å². The van der Waals surface area contributed by atoms with E-state index in [9.17, 15) is 9.59 Å². The third-order valence-corrected chi connectivity index (χ3v) is 5.52. The third kappa shape index (κ3) is 4.55. The zero-order valence-corrected chi connectivity index (χ0v) is 18.3. The van der Waals surface area contributed by atoms with Gasteiger partial charge in [0.05, 0.1) is 5.69 Å². The molecule has 1 aromatic heterocycles. The second-order valence-electron chi connectivity index (χ2n) is 9.14. The van der Waals surface area contributed by atoms with Crippen LogP contribution in [0.15, 0.2) is 79.0 Å². The Morgan fingerprint density at radius 2 is 1.52 bits per heavy atom. The summed E-state index contributed by atoms with van der Waals surface area (Å²) in [7, 11) is 0. The molecule has 0 spiro atoms. The number of benzene rings is 2. The molecule has 4 rings (SSSR count). The van der Waals surface area contributed by atoms with Crippen LogP contribution in [0, 0.1) is 0 Å². The number of aromatic nitrogens is 1. The van der Waals surface area contributed by atoms with Gasteiger partial charge >= 0.3 is 0 Å². The van der Waals surface area contributed by atoms with Crippen LogP contribution in [-0.4, -0.2) is 26.8 Å². The van der Waals surface area contributed by atoms with Gasteiger partial charge in [0, 0.05) is 24.7 Å². The lowest BCUT2D eigenvalue weighted by molar-refractivity contribution is -0.147. The lowest BCUT2D eigenvalue weighted by atomic mass is 9.97. The Balaban J connectivity index is 1.75. The maximum absolute atomic E-state index is 13.8. The van der Waals surface area contributed by atoms with Crippen molar-refractivity contribution in [2.24, 2.45) is 0 Å². The van der Waals surface area contributed by atoms with Crippen LogP contribution in [0.5, 0.6) is 0 Å². The lowest BCUT2D eigenvalue weighted by Gasteiger charge is -2.41. The fourth-order valence-corrected chi connectivity index (χ4v) is 4.21. The summed E-state index contributed by atoms with van der Waals surface area (Å²) >= 11 is 0. The average Bonchev–Trinajstić information content (AvgIpc) is 3.20. The van der Waals surface area contributed by atoms with Gasteiger partial charge in [0.1, 0.15) is 6.04 Å². The van der Waals surface area contributed by atoms with Gasteiger partial charge in [-0.2, -0.15) is 0 Å². The molecule has 0 bridgehead atoms. The lowest BCUT2D eigenvalue weighted by Crippen LogP contribution is -2.53. The molecule has 1 aliphatic heterocycles. The van der Waals surface area contributed by atoms with E-state index in [0.717, 1.165) is 16.8 Å². The second-order valence-corrected chi connectivity index (χ2v) is 9.14. The highest BCUT2D eigenvalue weighted by Crippen LogP contribution is 2.35.